The van der Waals surface area contributed by atoms with Crippen molar-refractivity contribution in [1.29, 1.82) is 0 Å². The molecule has 1 aromatic heterocycles. The molecule has 0 atom stereocenters. The number of benzene rings is 1. The normalized spacial score (nSPS) is 13.5. The van der Waals surface area contributed by atoms with E-state index < -0.39 is 0 Å². The molecule has 0 saturated carbocycles. The first-order valence-electron chi connectivity index (χ1n) is 5.21. The molecule has 2 aromatic rings. The maximum atomic E-state index is 5.76. The maximum Gasteiger partial charge on any atom is 0.222 e. The third-order valence-corrected chi connectivity index (χ3v) is 2.65. The van der Waals surface area contributed by atoms with Gasteiger partial charge in [-0.05, 0) is 35.9 Å². The zero-order chi connectivity index (χ0) is 11.7. The van der Waals surface area contributed by atoms with Crippen LogP contribution in [-0.2, 0) is 0 Å². The summed E-state index contributed by atoms with van der Waals surface area (Å²) in [5, 5.41) is 0.234. The van der Waals surface area contributed by atoms with E-state index in [-0.39, 0.29) is 5.28 Å². The summed E-state index contributed by atoms with van der Waals surface area (Å²) < 4.78 is 11.0. The lowest BCUT2D eigenvalue weighted by Gasteiger charge is -2.18. The van der Waals surface area contributed by atoms with Crippen LogP contribution >= 0.6 is 11.6 Å². The van der Waals surface area contributed by atoms with Crippen LogP contribution in [0.1, 0.15) is 0 Å². The van der Waals surface area contributed by atoms with Gasteiger partial charge < -0.3 is 9.47 Å². The van der Waals surface area contributed by atoms with Crippen molar-refractivity contribution < 1.29 is 9.47 Å². The molecule has 0 bridgehead atoms. The van der Waals surface area contributed by atoms with Gasteiger partial charge in [0.15, 0.2) is 11.5 Å². The van der Waals surface area contributed by atoms with E-state index >= 15 is 0 Å². The number of nitrogens with zero attached hydrogens (tertiary/aromatic N) is 2. The van der Waals surface area contributed by atoms with Crippen LogP contribution in [0.5, 0.6) is 11.5 Å². The quantitative estimate of drug-likeness (QED) is 0.728. The monoisotopic (exact) mass is 248 g/mol. The highest BCUT2D eigenvalue weighted by atomic mass is 35.5. The minimum Gasteiger partial charge on any atom is -0.486 e. The number of halogens is 1. The molecular formula is C12H9ClN2O2. The lowest BCUT2D eigenvalue weighted by atomic mass is 10.1. The first-order chi connectivity index (χ1) is 8.33. The molecule has 0 amide bonds. The van der Waals surface area contributed by atoms with E-state index in [1.807, 2.05) is 18.2 Å². The fourth-order valence-corrected chi connectivity index (χ4v) is 1.85. The summed E-state index contributed by atoms with van der Waals surface area (Å²) in [6.45, 7) is 1.16. The minimum atomic E-state index is 0.234. The van der Waals surface area contributed by atoms with Crippen LogP contribution in [0.2, 0.25) is 5.28 Å². The average molecular weight is 249 g/mol. The van der Waals surface area contributed by atoms with Crippen LogP contribution < -0.4 is 9.47 Å². The van der Waals surface area contributed by atoms with Gasteiger partial charge in [0.05, 0.1) is 5.69 Å². The molecule has 0 radical (unpaired) electrons. The van der Waals surface area contributed by atoms with E-state index in [9.17, 15) is 0 Å². The molecule has 0 saturated heterocycles. The number of aromatic nitrogens is 2. The molecule has 86 valence electrons. The number of hydrogen-bond donors (Lipinski definition) is 0. The Bertz CT molecular complexity index is 560. The molecule has 2 heterocycles. The fraction of sp³-hybridized carbons (Fsp3) is 0.167. The lowest BCUT2D eigenvalue weighted by Crippen LogP contribution is -2.15. The van der Waals surface area contributed by atoms with Gasteiger partial charge in [0, 0.05) is 11.8 Å². The number of hydrogen-bond acceptors (Lipinski definition) is 4. The van der Waals surface area contributed by atoms with Gasteiger partial charge in [0.25, 0.3) is 0 Å². The minimum absolute atomic E-state index is 0.234. The zero-order valence-corrected chi connectivity index (χ0v) is 9.65. The Morgan fingerprint density at radius 2 is 1.88 bits per heavy atom. The molecule has 4 nitrogen and oxygen atoms in total. The van der Waals surface area contributed by atoms with Gasteiger partial charge in [0.2, 0.25) is 5.28 Å². The van der Waals surface area contributed by atoms with E-state index in [1.54, 1.807) is 12.3 Å². The van der Waals surface area contributed by atoms with Crippen molar-refractivity contribution in [3.63, 3.8) is 0 Å². The van der Waals surface area contributed by atoms with Gasteiger partial charge >= 0.3 is 0 Å². The summed E-state index contributed by atoms with van der Waals surface area (Å²) >= 11 is 5.76. The van der Waals surface area contributed by atoms with Crippen LogP contribution in [-0.4, -0.2) is 23.2 Å². The topological polar surface area (TPSA) is 44.2 Å². The Morgan fingerprint density at radius 1 is 1.06 bits per heavy atom. The summed E-state index contributed by atoms with van der Waals surface area (Å²) in [7, 11) is 0. The van der Waals surface area contributed by atoms with E-state index in [1.165, 1.54) is 0 Å². The standard InChI is InChI=1S/C12H9ClN2O2/c13-12-14-4-3-9(15-12)8-1-2-10-11(7-8)17-6-5-16-10/h1-4,7H,5-6H2. The molecule has 0 spiro atoms. The first kappa shape index (κ1) is 10.4. The third-order valence-electron chi connectivity index (χ3n) is 2.46. The summed E-state index contributed by atoms with van der Waals surface area (Å²) in [5.74, 6) is 1.50. The van der Waals surface area contributed by atoms with Crippen LogP contribution in [0.15, 0.2) is 30.5 Å². The van der Waals surface area contributed by atoms with Gasteiger partial charge in [0.1, 0.15) is 13.2 Å². The SMILES string of the molecule is Clc1nccc(-c2ccc3c(c2)OCCO3)n1. The molecular weight excluding hydrogens is 240 g/mol. The summed E-state index contributed by atoms with van der Waals surface area (Å²) in [6.07, 6.45) is 1.63. The number of rotatable bonds is 1. The van der Waals surface area contributed by atoms with Crippen molar-refractivity contribution in [3.05, 3.63) is 35.7 Å². The van der Waals surface area contributed by atoms with E-state index in [4.69, 9.17) is 21.1 Å². The van der Waals surface area contributed by atoms with Gasteiger partial charge in [-0.3, -0.25) is 0 Å². The highest BCUT2D eigenvalue weighted by Crippen LogP contribution is 2.33. The molecule has 0 unspecified atom stereocenters. The Labute approximate surface area is 103 Å². The van der Waals surface area contributed by atoms with Gasteiger partial charge in [-0.15, -0.1) is 0 Å². The molecule has 3 rings (SSSR count). The zero-order valence-electron chi connectivity index (χ0n) is 8.89. The molecule has 1 aliphatic heterocycles. The largest absolute Gasteiger partial charge is 0.486 e. The highest BCUT2D eigenvalue weighted by Gasteiger charge is 2.12. The molecule has 1 aliphatic rings. The summed E-state index contributed by atoms with van der Waals surface area (Å²) in [6, 6.07) is 7.50. The summed E-state index contributed by atoms with van der Waals surface area (Å²) in [5.41, 5.74) is 1.69. The van der Waals surface area contributed by atoms with Crippen molar-refractivity contribution in [2.75, 3.05) is 13.2 Å². The van der Waals surface area contributed by atoms with Crippen LogP contribution in [0, 0.1) is 0 Å². The lowest BCUT2D eigenvalue weighted by molar-refractivity contribution is 0.171. The molecule has 0 aliphatic carbocycles. The van der Waals surface area contributed by atoms with Crippen molar-refractivity contribution in [1.82, 2.24) is 9.97 Å². The van der Waals surface area contributed by atoms with Gasteiger partial charge in [-0.2, -0.15) is 0 Å². The Morgan fingerprint density at radius 3 is 2.71 bits per heavy atom. The summed E-state index contributed by atoms with van der Waals surface area (Å²) in [4.78, 5) is 8.00. The van der Waals surface area contributed by atoms with Crippen molar-refractivity contribution in [3.8, 4) is 22.8 Å². The Kier molecular flexibility index (Phi) is 2.57. The Hall–Kier alpha value is -1.81. The van der Waals surface area contributed by atoms with Crippen LogP contribution in [0.3, 0.4) is 0 Å². The number of ether oxygens (including phenoxy) is 2. The second-order valence-electron chi connectivity index (χ2n) is 3.57. The third kappa shape index (κ3) is 2.03. The molecule has 5 heteroatoms. The molecule has 17 heavy (non-hydrogen) atoms. The van der Waals surface area contributed by atoms with Crippen molar-refractivity contribution >= 4 is 11.6 Å². The first-order valence-corrected chi connectivity index (χ1v) is 5.59. The second kappa shape index (κ2) is 4.22. The van der Waals surface area contributed by atoms with Crippen LogP contribution in [0.25, 0.3) is 11.3 Å². The van der Waals surface area contributed by atoms with Gasteiger partial charge in [-0.25, -0.2) is 9.97 Å². The van der Waals surface area contributed by atoms with E-state index in [0.29, 0.717) is 13.2 Å². The molecule has 1 aromatic carbocycles. The average Bonchev–Trinajstić information content (AvgIpc) is 2.38. The number of fused-ring (bicyclic) bond motifs is 1. The smallest absolute Gasteiger partial charge is 0.222 e. The van der Waals surface area contributed by atoms with Crippen molar-refractivity contribution in [2.24, 2.45) is 0 Å². The molecule has 0 fully saturated rings. The van der Waals surface area contributed by atoms with Crippen LogP contribution in [0.4, 0.5) is 0 Å². The second-order valence-corrected chi connectivity index (χ2v) is 3.91. The van der Waals surface area contributed by atoms with E-state index in [2.05, 4.69) is 9.97 Å². The maximum absolute atomic E-state index is 5.76. The van der Waals surface area contributed by atoms with E-state index in [0.717, 1.165) is 22.8 Å². The van der Waals surface area contributed by atoms with Crippen molar-refractivity contribution in [2.45, 2.75) is 0 Å². The predicted octanol–water partition coefficient (Wildman–Crippen LogP) is 2.57. The molecule has 0 N–H and O–H groups in total. The highest BCUT2D eigenvalue weighted by molar-refractivity contribution is 6.28. The fourth-order valence-electron chi connectivity index (χ4n) is 1.70. The van der Waals surface area contributed by atoms with Gasteiger partial charge in [-0.1, -0.05) is 0 Å². The Balaban J connectivity index is 2.04. The predicted molar refractivity (Wildman–Crippen MR) is 63.5 cm³/mol.